The van der Waals surface area contributed by atoms with Crippen LogP contribution in [0.1, 0.15) is 23.0 Å². The highest BCUT2D eigenvalue weighted by atomic mass is 35.5. The Morgan fingerprint density at radius 1 is 1.23 bits per heavy atom. The Hall–Kier alpha value is -2.57. The molecule has 0 radical (unpaired) electrons. The number of halogens is 1. The molecule has 1 heterocycles. The minimum atomic E-state index is -0.441. The van der Waals surface area contributed by atoms with Crippen LogP contribution in [0.3, 0.4) is 0 Å². The fraction of sp³-hybridized carbons (Fsp3) is 0.158. The van der Waals surface area contributed by atoms with Gasteiger partial charge in [0.2, 0.25) is 0 Å². The first-order valence-electron chi connectivity index (χ1n) is 8.01. The number of thiazole rings is 1. The Morgan fingerprint density at radius 3 is 2.81 bits per heavy atom. The lowest BCUT2D eigenvalue weighted by atomic mass is 10.2. The third-order valence-electron chi connectivity index (χ3n) is 3.41. The Balaban J connectivity index is 1.74. The number of nitrogens with zero attached hydrogens (tertiary/aromatic N) is 1. The summed E-state index contributed by atoms with van der Waals surface area (Å²) >= 11 is 7.42. The molecule has 0 saturated carbocycles. The molecule has 0 bridgehead atoms. The van der Waals surface area contributed by atoms with E-state index >= 15 is 0 Å². The minimum absolute atomic E-state index is 0.271. The topological polar surface area (TPSA) is 60.5 Å². The van der Waals surface area contributed by atoms with Gasteiger partial charge in [-0.05, 0) is 30.7 Å². The molecular formula is C19H17ClN2O3S. The van der Waals surface area contributed by atoms with Gasteiger partial charge in [0.15, 0.2) is 10.8 Å². The number of nitrogens with one attached hydrogen (secondary N) is 1. The predicted molar refractivity (Wildman–Crippen MR) is 104 cm³/mol. The van der Waals surface area contributed by atoms with Gasteiger partial charge in [-0.25, -0.2) is 9.78 Å². The van der Waals surface area contributed by atoms with Crippen LogP contribution in [0.5, 0.6) is 5.75 Å². The molecule has 0 atom stereocenters. The van der Waals surface area contributed by atoms with Crippen LogP contribution in [-0.2, 0) is 11.3 Å². The quantitative estimate of drug-likeness (QED) is 0.557. The zero-order chi connectivity index (χ0) is 18.4. The Bertz CT molecular complexity index is 884. The molecule has 0 aliphatic carbocycles. The Morgan fingerprint density at radius 2 is 2.04 bits per heavy atom. The second-order valence-electron chi connectivity index (χ2n) is 5.30. The van der Waals surface area contributed by atoms with Crippen LogP contribution in [0.4, 0.5) is 10.8 Å². The first-order chi connectivity index (χ1) is 12.7. The lowest BCUT2D eigenvalue weighted by Crippen LogP contribution is -2.05. The number of hydrogen-bond acceptors (Lipinski definition) is 6. The maximum absolute atomic E-state index is 11.7. The van der Waals surface area contributed by atoms with E-state index in [1.54, 1.807) is 30.5 Å². The zero-order valence-electron chi connectivity index (χ0n) is 14.1. The van der Waals surface area contributed by atoms with E-state index in [1.165, 1.54) is 11.3 Å². The fourth-order valence-corrected chi connectivity index (χ4v) is 3.07. The molecule has 5 nitrogen and oxygen atoms in total. The number of carbonyl (C=O) groups is 1. The molecule has 0 aliphatic heterocycles. The van der Waals surface area contributed by atoms with Crippen molar-refractivity contribution in [1.82, 2.24) is 4.98 Å². The van der Waals surface area contributed by atoms with E-state index in [0.717, 1.165) is 5.56 Å². The van der Waals surface area contributed by atoms with E-state index in [2.05, 4.69) is 10.3 Å². The molecule has 0 saturated heterocycles. The van der Waals surface area contributed by atoms with E-state index in [4.69, 9.17) is 21.1 Å². The number of rotatable bonds is 7. The molecule has 1 aromatic heterocycles. The lowest BCUT2D eigenvalue weighted by molar-refractivity contribution is 0.0520. The van der Waals surface area contributed by atoms with Gasteiger partial charge in [-0.15, -0.1) is 11.3 Å². The van der Waals surface area contributed by atoms with E-state index in [-0.39, 0.29) is 5.69 Å². The second-order valence-corrected chi connectivity index (χ2v) is 6.59. The van der Waals surface area contributed by atoms with Crippen LogP contribution in [0.2, 0.25) is 5.02 Å². The van der Waals surface area contributed by atoms with Crippen molar-refractivity contribution in [1.29, 1.82) is 0 Å². The van der Waals surface area contributed by atoms with Crippen molar-refractivity contribution < 1.29 is 14.3 Å². The first-order valence-corrected chi connectivity index (χ1v) is 9.27. The number of carbonyl (C=O) groups excluding carboxylic acids is 1. The SMILES string of the molecule is CCOC(=O)c1csc(Nc2cc(Cl)ccc2OCc2ccccc2)n1. The van der Waals surface area contributed by atoms with Crippen LogP contribution in [0.15, 0.2) is 53.9 Å². The van der Waals surface area contributed by atoms with Crippen LogP contribution >= 0.6 is 22.9 Å². The average Bonchev–Trinajstić information content (AvgIpc) is 3.11. The zero-order valence-corrected chi connectivity index (χ0v) is 15.6. The number of benzene rings is 2. The van der Waals surface area contributed by atoms with Crippen molar-refractivity contribution in [3.8, 4) is 5.75 Å². The number of anilines is 2. The van der Waals surface area contributed by atoms with E-state index in [9.17, 15) is 4.79 Å². The van der Waals surface area contributed by atoms with Crippen molar-refractivity contribution in [2.24, 2.45) is 0 Å². The molecule has 0 aliphatic rings. The molecule has 7 heteroatoms. The van der Waals surface area contributed by atoms with Crippen molar-refractivity contribution in [3.05, 3.63) is 70.2 Å². The van der Waals surface area contributed by atoms with Gasteiger partial charge in [-0.2, -0.15) is 0 Å². The molecule has 26 heavy (non-hydrogen) atoms. The second kappa shape index (κ2) is 8.69. The average molecular weight is 389 g/mol. The molecule has 0 amide bonds. The first kappa shape index (κ1) is 18.2. The molecule has 1 N–H and O–H groups in total. The van der Waals surface area contributed by atoms with Crippen LogP contribution in [0, 0.1) is 0 Å². The van der Waals surface area contributed by atoms with E-state index < -0.39 is 5.97 Å². The van der Waals surface area contributed by atoms with Gasteiger partial charge in [0.1, 0.15) is 12.4 Å². The molecule has 3 rings (SSSR count). The molecule has 3 aromatic rings. The third kappa shape index (κ3) is 4.74. The third-order valence-corrected chi connectivity index (χ3v) is 4.40. The van der Waals surface area contributed by atoms with Gasteiger partial charge in [0, 0.05) is 10.4 Å². The van der Waals surface area contributed by atoms with Crippen molar-refractivity contribution in [2.75, 3.05) is 11.9 Å². The van der Waals surface area contributed by atoms with Crippen molar-refractivity contribution >= 4 is 39.7 Å². The normalized spacial score (nSPS) is 10.4. The van der Waals surface area contributed by atoms with Gasteiger partial charge in [0.05, 0.1) is 12.3 Å². The summed E-state index contributed by atoms with van der Waals surface area (Å²) in [5, 5.41) is 5.93. The Kier molecular flexibility index (Phi) is 6.09. The summed E-state index contributed by atoms with van der Waals surface area (Å²) < 4.78 is 10.9. The monoisotopic (exact) mass is 388 g/mol. The highest BCUT2D eigenvalue weighted by molar-refractivity contribution is 7.14. The Labute approximate surface area is 160 Å². The van der Waals surface area contributed by atoms with Crippen molar-refractivity contribution in [3.63, 3.8) is 0 Å². The summed E-state index contributed by atoms with van der Waals surface area (Å²) in [6, 6.07) is 15.2. The fourth-order valence-electron chi connectivity index (χ4n) is 2.21. The number of esters is 1. The van der Waals surface area contributed by atoms with Gasteiger partial charge in [-0.1, -0.05) is 41.9 Å². The minimum Gasteiger partial charge on any atom is -0.487 e. The molecular weight excluding hydrogens is 372 g/mol. The van der Waals surface area contributed by atoms with Gasteiger partial charge < -0.3 is 14.8 Å². The van der Waals surface area contributed by atoms with Crippen molar-refractivity contribution in [2.45, 2.75) is 13.5 Å². The predicted octanol–water partition coefficient (Wildman–Crippen LogP) is 5.30. The highest BCUT2D eigenvalue weighted by Gasteiger charge is 2.13. The smallest absolute Gasteiger partial charge is 0.357 e. The maximum atomic E-state index is 11.7. The summed E-state index contributed by atoms with van der Waals surface area (Å²) in [5.74, 6) is 0.203. The lowest BCUT2D eigenvalue weighted by Gasteiger charge is -2.12. The number of ether oxygens (including phenoxy) is 2. The summed E-state index contributed by atoms with van der Waals surface area (Å²) in [4.78, 5) is 16.0. The molecule has 0 unspecified atom stereocenters. The molecule has 2 aromatic carbocycles. The van der Waals surface area contributed by atoms with E-state index in [0.29, 0.717) is 34.8 Å². The standard InChI is InChI=1S/C19H17ClN2O3S/c1-2-24-18(23)16-12-26-19(22-16)21-15-10-14(20)8-9-17(15)25-11-13-6-4-3-5-7-13/h3-10,12H,2,11H2,1H3,(H,21,22). The summed E-state index contributed by atoms with van der Waals surface area (Å²) in [6.45, 7) is 2.50. The molecule has 0 spiro atoms. The largest absolute Gasteiger partial charge is 0.487 e. The van der Waals surface area contributed by atoms with E-state index in [1.807, 2.05) is 30.3 Å². The summed E-state index contributed by atoms with van der Waals surface area (Å²) in [6.07, 6.45) is 0. The highest BCUT2D eigenvalue weighted by Crippen LogP contribution is 2.32. The summed E-state index contributed by atoms with van der Waals surface area (Å²) in [5.41, 5.74) is 2.01. The number of aromatic nitrogens is 1. The van der Waals surface area contributed by atoms with Gasteiger partial charge in [-0.3, -0.25) is 0 Å². The van der Waals surface area contributed by atoms with Gasteiger partial charge in [0.25, 0.3) is 0 Å². The summed E-state index contributed by atoms with van der Waals surface area (Å²) in [7, 11) is 0. The van der Waals surface area contributed by atoms with Crippen LogP contribution in [0.25, 0.3) is 0 Å². The van der Waals surface area contributed by atoms with Gasteiger partial charge >= 0.3 is 5.97 Å². The molecule has 0 fully saturated rings. The molecule has 134 valence electrons. The van der Waals surface area contributed by atoms with Crippen LogP contribution in [-0.4, -0.2) is 17.6 Å². The number of hydrogen-bond donors (Lipinski definition) is 1. The van der Waals surface area contributed by atoms with Crippen LogP contribution < -0.4 is 10.1 Å². The maximum Gasteiger partial charge on any atom is 0.357 e.